The number of rotatable bonds is 5. The first-order valence-corrected chi connectivity index (χ1v) is 9.01. The minimum Gasteiger partial charge on any atom is -0.351 e. The zero-order valence-electron chi connectivity index (χ0n) is 13.4. The summed E-state index contributed by atoms with van der Waals surface area (Å²) < 4.78 is 0. The number of fused-ring (bicyclic) bond motifs is 1. The highest BCUT2D eigenvalue weighted by Gasteiger charge is 2.19. The summed E-state index contributed by atoms with van der Waals surface area (Å²) in [6.45, 7) is 0.778. The van der Waals surface area contributed by atoms with Crippen molar-refractivity contribution in [2.24, 2.45) is 5.73 Å². The van der Waals surface area contributed by atoms with E-state index in [9.17, 15) is 9.59 Å². The van der Waals surface area contributed by atoms with E-state index < -0.39 is 0 Å². The maximum Gasteiger partial charge on any atom is 0.265 e. The number of benzene rings is 1. The molecule has 126 valence electrons. The second-order valence-electron chi connectivity index (χ2n) is 5.81. The van der Waals surface area contributed by atoms with Crippen molar-refractivity contribution in [2.75, 3.05) is 18.4 Å². The van der Waals surface area contributed by atoms with Crippen molar-refractivity contribution >= 4 is 28.8 Å². The topological polar surface area (TPSA) is 84.2 Å². The van der Waals surface area contributed by atoms with Gasteiger partial charge in [-0.15, -0.1) is 11.3 Å². The van der Waals surface area contributed by atoms with Gasteiger partial charge in [0.05, 0.1) is 16.1 Å². The molecule has 1 aromatic carbocycles. The van der Waals surface area contributed by atoms with E-state index in [1.807, 2.05) is 6.07 Å². The van der Waals surface area contributed by atoms with Crippen LogP contribution in [0.4, 0.5) is 5.69 Å². The van der Waals surface area contributed by atoms with Crippen molar-refractivity contribution in [3.63, 3.8) is 0 Å². The van der Waals surface area contributed by atoms with Crippen LogP contribution in [0.3, 0.4) is 0 Å². The lowest BCUT2D eigenvalue weighted by atomic mass is 9.99. The van der Waals surface area contributed by atoms with Gasteiger partial charge in [0.1, 0.15) is 0 Å². The molecular formula is C18H21N3O2S. The number of nitrogens with one attached hydrogen (secondary N) is 2. The first kappa shape index (κ1) is 16.7. The third-order valence-electron chi connectivity index (χ3n) is 4.07. The quantitative estimate of drug-likeness (QED) is 0.780. The minimum atomic E-state index is -0.234. The Morgan fingerprint density at radius 2 is 1.92 bits per heavy atom. The molecule has 24 heavy (non-hydrogen) atoms. The number of thiophene rings is 1. The lowest BCUT2D eigenvalue weighted by Gasteiger charge is -2.10. The number of amides is 2. The van der Waals surface area contributed by atoms with Crippen molar-refractivity contribution < 1.29 is 9.59 Å². The average Bonchev–Trinajstić information content (AvgIpc) is 3.04. The summed E-state index contributed by atoms with van der Waals surface area (Å²) >= 11 is 1.56. The van der Waals surface area contributed by atoms with Crippen LogP contribution in [0.2, 0.25) is 0 Å². The van der Waals surface area contributed by atoms with E-state index in [0.29, 0.717) is 29.2 Å². The molecule has 0 unspecified atom stereocenters. The molecule has 2 aromatic rings. The van der Waals surface area contributed by atoms with Crippen molar-refractivity contribution in [3.05, 3.63) is 51.2 Å². The number of hydrogen-bond donors (Lipinski definition) is 3. The van der Waals surface area contributed by atoms with E-state index in [0.717, 1.165) is 12.8 Å². The lowest BCUT2D eigenvalue weighted by molar-refractivity contribution is 0.0955. The summed E-state index contributed by atoms with van der Waals surface area (Å²) in [5.41, 5.74) is 7.67. The van der Waals surface area contributed by atoms with Gasteiger partial charge in [0.15, 0.2) is 0 Å². The van der Waals surface area contributed by atoms with E-state index in [-0.39, 0.29) is 11.8 Å². The molecule has 0 spiro atoms. The first-order valence-electron chi connectivity index (χ1n) is 8.19. The van der Waals surface area contributed by atoms with Crippen molar-refractivity contribution in [1.82, 2.24) is 5.32 Å². The van der Waals surface area contributed by atoms with E-state index >= 15 is 0 Å². The average molecular weight is 343 g/mol. The van der Waals surface area contributed by atoms with Gasteiger partial charge in [-0.2, -0.15) is 0 Å². The Kier molecular flexibility index (Phi) is 5.27. The number of nitrogens with two attached hydrogens (primary N) is 1. The molecule has 6 heteroatoms. The van der Waals surface area contributed by atoms with Crippen LogP contribution < -0.4 is 16.4 Å². The molecule has 0 saturated heterocycles. The number of anilines is 1. The predicted molar refractivity (Wildman–Crippen MR) is 96.7 cm³/mol. The van der Waals surface area contributed by atoms with Crippen LogP contribution >= 0.6 is 11.3 Å². The lowest BCUT2D eigenvalue weighted by Crippen LogP contribution is -2.29. The molecule has 0 fully saturated rings. The number of carbonyl (C=O) groups excluding carboxylic acids is 2. The second kappa shape index (κ2) is 7.59. The molecule has 5 nitrogen and oxygen atoms in total. The first-order chi connectivity index (χ1) is 11.7. The van der Waals surface area contributed by atoms with Gasteiger partial charge in [-0.1, -0.05) is 12.1 Å². The number of para-hydroxylation sites is 1. The molecule has 0 saturated carbocycles. The third kappa shape index (κ3) is 3.66. The molecule has 1 aromatic heterocycles. The predicted octanol–water partition coefficient (Wildman–Crippen LogP) is 2.57. The van der Waals surface area contributed by atoms with Crippen LogP contribution in [0, 0.1) is 0 Å². The Labute approximate surface area is 145 Å². The highest BCUT2D eigenvalue weighted by Crippen LogP contribution is 2.30. The van der Waals surface area contributed by atoms with Crippen molar-refractivity contribution in [3.8, 4) is 0 Å². The van der Waals surface area contributed by atoms with Crippen molar-refractivity contribution in [2.45, 2.75) is 25.7 Å². The molecule has 0 atom stereocenters. The third-order valence-corrected chi connectivity index (χ3v) is 5.31. The fraction of sp³-hybridized carbons (Fsp3) is 0.333. The summed E-state index contributed by atoms with van der Waals surface area (Å²) in [6.07, 6.45) is 4.50. The summed E-state index contributed by atoms with van der Waals surface area (Å²) in [7, 11) is 0. The summed E-state index contributed by atoms with van der Waals surface area (Å²) in [4.78, 5) is 26.8. The Morgan fingerprint density at radius 3 is 2.71 bits per heavy atom. The molecule has 2 amide bonds. The molecule has 1 heterocycles. The molecule has 1 aliphatic carbocycles. The van der Waals surface area contributed by atoms with Crippen LogP contribution in [0.25, 0.3) is 0 Å². The normalized spacial score (nSPS) is 13.2. The van der Waals surface area contributed by atoms with Crippen LogP contribution in [0.1, 0.15) is 43.3 Å². The van der Waals surface area contributed by atoms with Gasteiger partial charge in [-0.25, -0.2) is 0 Å². The van der Waals surface area contributed by atoms with Crippen molar-refractivity contribution in [1.29, 1.82) is 0 Å². The van der Waals surface area contributed by atoms with E-state index in [2.05, 4.69) is 10.6 Å². The minimum absolute atomic E-state index is 0.159. The maximum atomic E-state index is 12.6. The van der Waals surface area contributed by atoms with Crippen LogP contribution in [0.15, 0.2) is 30.3 Å². The molecular weight excluding hydrogens is 322 g/mol. The highest BCUT2D eigenvalue weighted by atomic mass is 32.1. The van der Waals surface area contributed by atoms with Gasteiger partial charge in [-0.05, 0) is 49.4 Å². The Hall–Kier alpha value is -2.18. The molecule has 1 aliphatic rings. The van der Waals surface area contributed by atoms with Crippen LogP contribution in [0.5, 0.6) is 0 Å². The van der Waals surface area contributed by atoms with Gasteiger partial charge in [0, 0.05) is 18.0 Å². The summed E-state index contributed by atoms with van der Waals surface area (Å²) in [6, 6.07) is 9.00. The Bertz CT molecular complexity index is 731. The molecule has 0 radical (unpaired) electrons. The second-order valence-corrected chi connectivity index (χ2v) is 6.95. The molecule has 4 N–H and O–H groups in total. The Balaban J connectivity index is 1.77. The van der Waals surface area contributed by atoms with Gasteiger partial charge < -0.3 is 16.4 Å². The number of carbonyl (C=O) groups is 2. The number of hydrogen-bond acceptors (Lipinski definition) is 4. The van der Waals surface area contributed by atoms with Gasteiger partial charge in [0.25, 0.3) is 11.8 Å². The van der Waals surface area contributed by atoms with Gasteiger partial charge >= 0.3 is 0 Å². The van der Waals surface area contributed by atoms with Gasteiger partial charge in [-0.3, -0.25) is 9.59 Å². The monoisotopic (exact) mass is 343 g/mol. The fourth-order valence-corrected chi connectivity index (χ4v) is 4.01. The van der Waals surface area contributed by atoms with E-state index in [1.54, 1.807) is 35.6 Å². The summed E-state index contributed by atoms with van der Waals surface area (Å²) in [5, 5.41) is 5.60. The van der Waals surface area contributed by atoms with Crippen LogP contribution in [-0.4, -0.2) is 24.9 Å². The maximum absolute atomic E-state index is 12.6. The standard InChI is InChI=1S/C18H21N3O2S/c19-9-10-20-17(22)13-6-2-3-7-14(13)21-18(23)16-11-12-5-1-4-8-15(12)24-16/h2-3,6-7,11H,1,4-5,8-10,19H2,(H,20,22)(H,21,23). The summed E-state index contributed by atoms with van der Waals surface area (Å²) in [5.74, 6) is -0.393. The SMILES string of the molecule is NCCNC(=O)c1ccccc1NC(=O)c1cc2c(s1)CCCC2. The molecule has 0 bridgehead atoms. The zero-order valence-corrected chi connectivity index (χ0v) is 14.2. The Morgan fingerprint density at radius 1 is 1.12 bits per heavy atom. The zero-order chi connectivity index (χ0) is 16.9. The molecule has 0 aliphatic heterocycles. The largest absolute Gasteiger partial charge is 0.351 e. The number of aryl methyl sites for hydroxylation is 2. The fourth-order valence-electron chi connectivity index (χ4n) is 2.86. The smallest absolute Gasteiger partial charge is 0.265 e. The van der Waals surface area contributed by atoms with E-state index in [4.69, 9.17) is 5.73 Å². The van der Waals surface area contributed by atoms with Gasteiger partial charge in [0.2, 0.25) is 0 Å². The highest BCUT2D eigenvalue weighted by molar-refractivity contribution is 7.14. The van der Waals surface area contributed by atoms with Crippen LogP contribution in [-0.2, 0) is 12.8 Å². The van der Waals surface area contributed by atoms with E-state index in [1.165, 1.54) is 23.3 Å². The molecule has 3 rings (SSSR count).